The molecule has 24 heavy (non-hydrogen) atoms. The van der Waals surface area contributed by atoms with Gasteiger partial charge in [-0.1, -0.05) is 18.2 Å². The highest BCUT2D eigenvalue weighted by Gasteiger charge is 2.26. The number of rotatable bonds is 7. The molecular formula is C19H30N2O3. The lowest BCUT2D eigenvalue weighted by molar-refractivity contribution is -0.120. The number of ether oxygens (including phenoxy) is 1. The monoisotopic (exact) mass is 334 g/mol. The number of nitrogen functional groups attached to an aromatic ring is 1. The van der Waals surface area contributed by atoms with Crippen LogP contribution in [-0.2, 0) is 16.0 Å². The topological polar surface area (TPSA) is 81.4 Å². The number of carbonyl (C=O) groups is 2. The Kier molecular flexibility index (Phi) is 6.81. The minimum absolute atomic E-state index is 0.116. The highest BCUT2D eigenvalue weighted by Crippen LogP contribution is 2.17. The van der Waals surface area contributed by atoms with Crippen molar-refractivity contribution in [3.05, 3.63) is 29.8 Å². The summed E-state index contributed by atoms with van der Waals surface area (Å²) in [6.45, 7) is 9.06. The second-order valence-electron chi connectivity index (χ2n) is 7.78. The van der Waals surface area contributed by atoms with Gasteiger partial charge in [-0.05, 0) is 59.1 Å². The second-order valence-corrected chi connectivity index (χ2v) is 7.78. The molecule has 1 rings (SSSR count). The van der Waals surface area contributed by atoms with Gasteiger partial charge >= 0.3 is 6.09 Å². The minimum Gasteiger partial charge on any atom is -0.444 e. The number of para-hydroxylation sites is 1. The fraction of sp³-hybridized carbons (Fsp3) is 0.579. The number of nitrogens with one attached hydrogen (secondary N) is 1. The van der Waals surface area contributed by atoms with Crippen LogP contribution in [0.15, 0.2) is 24.3 Å². The van der Waals surface area contributed by atoms with Gasteiger partial charge in [-0.3, -0.25) is 4.79 Å². The molecule has 5 heteroatoms. The molecule has 0 heterocycles. The lowest BCUT2D eigenvalue weighted by Crippen LogP contribution is -2.47. The van der Waals surface area contributed by atoms with E-state index in [1.165, 1.54) is 0 Å². The number of nitrogens with two attached hydrogens (primary N) is 1. The van der Waals surface area contributed by atoms with Gasteiger partial charge in [0.2, 0.25) is 0 Å². The molecule has 0 saturated heterocycles. The number of aryl methyl sites for hydroxylation is 1. The predicted molar refractivity (Wildman–Crippen MR) is 96.9 cm³/mol. The van der Waals surface area contributed by atoms with E-state index in [2.05, 4.69) is 5.32 Å². The fourth-order valence-corrected chi connectivity index (χ4v) is 2.44. The summed E-state index contributed by atoms with van der Waals surface area (Å²) in [5.41, 5.74) is 6.54. The molecule has 0 aliphatic rings. The third-order valence-electron chi connectivity index (χ3n) is 3.44. The van der Waals surface area contributed by atoms with Gasteiger partial charge in [-0.2, -0.15) is 0 Å². The Balaban J connectivity index is 2.40. The van der Waals surface area contributed by atoms with E-state index >= 15 is 0 Å². The van der Waals surface area contributed by atoms with Gasteiger partial charge in [0.1, 0.15) is 11.4 Å². The molecule has 0 radical (unpaired) electrons. The summed E-state index contributed by atoms with van der Waals surface area (Å²) < 4.78 is 5.23. The molecule has 134 valence electrons. The molecule has 0 atom stereocenters. The Hall–Kier alpha value is -2.04. The summed E-state index contributed by atoms with van der Waals surface area (Å²) in [7, 11) is 0. The largest absolute Gasteiger partial charge is 0.444 e. The van der Waals surface area contributed by atoms with Crippen molar-refractivity contribution in [2.24, 2.45) is 0 Å². The van der Waals surface area contributed by atoms with Crippen molar-refractivity contribution in [3.8, 4) is 0 Å². The van der Waals surface area contributed by atoms with Crippen molar-refractivity contribution in [2.45, 2.75) is 71.4 Å². The average Bonchev–Trinajstić information content (AvgIpc) is 2.37. The zero-order valence-electron chi connectivity index (χ0n) is 15.4. The van der Waals surface area contributed by atoms with Crippen LogP contribution in [0.2, 0.25) is 0 Å². The van der Waals surface area contributed by atoms with Gasteiger partial charge in [0.25, 0.3) is 0 Å². The Bertz CT molecular complexity index is 574. The van der Waals surface area contributed by atoms with Gasteiger partial charge in [0.15, 0.2) is 0 Å². The maximum atomic E-state index is 12.2. The molecule has 0 aromatic heterocycles. The van der Waals surface area contributed by atoms with E-state index in [1.807, 2.05) is 38.1 Å². The Morgan fingerprint density at radius 3 is 2.33 bits per heavy atom. The van der Waals surface area contributed by atoms with Crippen LogP contribution in [0.3, 0.4) is 0 Å². The van der Waals surface area contributed by atoms with Crippen LogP contribution in [0.5, 0.6) is 0 Å². The van der Waals surface area contributed by atoms with Crippen molar-refractivity contribution >= 4 is 17.6 Å². The molecule has 0 aliphatic carbocycles. The fourth-order valence-electron chi connectivity index (χ4n) is 2.44. The van der Waals surface area contributed by atoms with Crippen LogP contribution in [0.1, 0.15) is 59.4 Å². The number of hydrogen-bond acceptors (Lipinski definition) is 4. The van der Waals surface area contributed by atoms with Crippen LogP contribution in [0.4, 0.5) is 10.5 Å². The number of carbonyl (C=O) groups excluding carboxylic acids is 2. The molecule has 0 spiro atoms. The van der Waals surface area contributed by atoms with Crippen LogP contribution in [0, 0.1) is 0 Å². The number of alkyl carbamates (subject to hydrolysis) is 1. The molecule has 1 aromatic carbocycles. The van der Waals surface area contributed by atoms with E-state index in [0.717, 1.165) is 24.1 Å². The molecule has 0 bridgehead atoms. The molecule has 0 aliphatic heterocycles. The Morgan fingerprint density at radius 2 is 1.75 bits per heavy atom. The molecule has 3 N–H and O–H groups in total. The van der Waals surface area contributed by atoms with E-state index in [-0.39, 0.29) is 12.2 Å². The number of Topliss-reactive ketones (excluding diaryl/α,β-unsaturated/α-hetero) is 1. The minimum atomic E-state index is -0.634. The van der Waals surface area contributed by atoms with E-state index < -0.39 is 17.2 Å². The van der Waals surface area contributed by atoms with Crippen molar-refractivity contribution in [1.82, 2.24) is 5.32 Å². The van der Waals surface area contributed by atoms with Crippen molar-refractivity contribution in [2.75, 3.05) is 5.73 Å². The van der Waals surface area contributed by atoms with Gasteiger partial charge in [-0.25, -0.2) is 4.79 Å². The van der Waals surface area contributed by atoms with Crippen molar-refractivity contribution in [3.63, 3.8) is 0 Å². The molecule has 0 fully saturated rings. The number of amides is 1. The van der Waals surface area contributed by atoms with E-state index in [1.54, 1.807) is 20.8 Å². The Labute approximate surface area is 145 Å². The van der Waals surface area contributed by atoms with Gasteiger partial charge in [-0.15, -0.1) is 0 Å². The molecule has 0 saturated carbocycles. The predicted octanol–water partition coefficient (Wildman–Crippen LogP) is 3.85. The number of anilines is 1. The molecule has 0 unspecified atom stereocenters. The highest BCUT2D eigenvalue weighted by molar-refractivity contribution is 5.80. The summed E-state index contributed by atoms with van der Waals surface area (Å²) >= 11 is 0. The van der Waals surface area contributed by atoms with Crippen LogP contribution in [-0.4, -0.2) is 23.0 Å². The highest BCUT2D eigenvalue weighted by atomic mass is 16.6. The first-order valence-corrected chi connectivity index (χ1v) is 8.35. The van der Waals surface area contributed by atoms with Gasteiger partial charge in [0.05, 0.1) is 0 Å². The molecular weight excluding hydrogens is 304 g/mol. The quantitative estimate of drug-likeness (QED) is 0.742. The lowest BCUT2D eigenvalue weighted by Gasteiger charge is -2.28. The van der Waals surface area contributed by atoms with Gasteiger partial charge < -0.3 is 15.8 Å². The van der Waals surface area contributed by atoms with Crippen LogP contribution >= 0.6 is 0 Å². The maximum absolute atomic E-state index is 12.2. The van der Waals surface area contributed by atoms with E-state index in [0.29, 0.717) is 6.42 Å². The number of benzene rings is 1. The Morgan fingerprint density at radius 1 is 1.12 bits per heavy atom. The SMILES string of the molecule is CC(C)(CC(=O)CCCc1ccccc1N)NC(=O)OC(C)(C)C. The summed E-state index contributed by atoms with van der Waals surface area (Å²) in [6.07, 6.45) is 1.76. The van der Waals surface area contributed by atoms with Crippen molar-refractivity contribution in [1.29, 1.82) is 0 Å². The van der Waals surface area contributed by atoms with E-state index in [4.69, 9.17) is 10.5 Å². The third kappa shape index (κ3) is 7.99. The van der Waals surface area contributed by atoms with Gasteiger partial charge in [0, 0.05) is 24.1 Å². The second kappa shape index (κ2) is 8.18. The average molecular weight is 334 g/mol. The molecule has 5 nitrogen and oxygen atoms in total. The zero-order valence-corrected chi connectivity index (χ0v) is 15.4. The smallest absolute Gasteiger partial charge is 0.408 e. The van der Waals surface area contributed by atoms with Crippen LogP contribution < -0.4 is 11.1 Å². The maximum Gasteiger partial charge on any atom is 0.408 e. The lowest BCUT2D eigenvalue weighted by atomic mass is 9.94. The standard InChI is InChI=1S/C19H30N2O3/c1-18(2,3)24-17(23)21-19(4,5)13-15(22)11-8-10-14-9-6-7-12-16(14)20/h6-7,9,12H,8,10-11,13,20H2,1-5H3,(H,21,23). The normalized spacial score (nSPS) is 11.9. The summed E-state index contributed by atoms with van der Waals surface area (Å²) in [4.78, 5) is 24.0. The first-order valence-electron chi connectivity index (χ1n) is 8.35. The van der Waals surface area contributed by atoms with Crippen molar-refractivity contribution < 1.29 is 14.3 Å². The first kappa shape index (κ1) is 20.0. The molecule has 1 amide bonds. The first-order chi connectivity index (χ1) is 11.0. The van der Waals surface area contributed by atoms with Crippen LogP contribution in [0.25, 0.3) is 0 Å². The summed E-state index contributed by atoms with van der Waals surface area (Å²) in [5.74, 6) is 0.116. The third-order valence-corrected chi connectivity index (χ3v) is 3.44. The summed E-state index contributed by atoms with van der Waals surface area (Å²) in [5, 5.41) is 2.76. The number of hydrogen-bond donors (Lipinski definition) is 2. The van der Waals surface area contributed by atoms with E-state index in [9.17, 15) is 9.59 Å². The number of ketones is 1. The summed E-state index contributed by atoms with van der Waals surface area (Å²) in [6, 6.07) is 7.69. The zero-order chi connectivity index (χ0) is 18.4. The molecule has 1 aromatic rings.